The lowest BCUT2D eigenvalue weighted by Gasteiger charge is -2.37. The Kier molecular flexibility index (Phi) is 13.4. The summed E-state index contributed by atoms with van der Waals surface area (Å²) < 4.78 is 10.6. The number of aromatic hydroxyl groups is 1. The number of nitrogens with zero attached hydrogens (tertiary/aromatic N) is 1. The van der Waals surface area contributed by atoms with Crippen molar-refractivity contribution in [3.63, 3.8) is 0 Å². The molecule has 1 aromatic rings. The number of allylic oxidation sites excluding steroid dienone is 3. The second-order valence-corrected chi connectivity index (χ2v) is 12.3. The third-order valence-corrected chi connectivity index (χ3v) is 8.90. The summed E-state index contributed by atoms with van der Waals surface area (Å²) in [6.07, 6.45) is 6.94. The van der Waals surface area contributed by atoms with Gasteiger partial charge in [-0.05, 0) is 63.9 Å². The molecule has 0 spiro atoms. The Hall–Kier alpha value is -3.89. The number of carboxylic acid groups (broad SMARTS) is 1. The molecule has 3 unspecified atom stereocenters. The molecule has 0 fully saturated rings. The van der Waals surface area contributed by atoms with Gasteiger partial charge >= 0.3 is 17.9 Å². The van der Waals surface area contributed by atoms with E-state index < -0.39 is 46.2 Å². The first-order valence-corrected chi connectivity index (χ1v) is 15.1. The van der Waals surface area contributed by atoms with Gasteiger partial charge in [0.25, 0.3) is 5.09 Å². The standard InChI is InChI=1S/C33H47NO10/c1-20(2)22(4)28(26-15-14-25(19-43-23(5)35)30(36)29(26)24-12-9-8-10-13-24)27(31(37)38)18-21(3)33(6,7)32(39)42-16-11-17-44-34(40)41/h9,12,14-15,21-22,24,27-28,36H,1,8,10-11,13,16-19H2,2-7H3,(H,37,38)/t21?,22-,24?,27?,28-/m1/s1. The van der Waals surface area contributed by atoms with Crippen molar-refractivity contribution in [2.45, 2.75) is 92.1 Å². The van der Waals surface area contributed by atoms with Crippen LogP contribution in [-0.4, -0.2) is 46.4 Å². The van der Waals surface area contributed by atoms with Gasteiger partial charge in [0.1, 0.15) is 12.4 Å². The molecule has 11 nitrogen and oxygen atoms in total. The Labute approximate surface area is 259 Å². The van der Waals surface area contributed by atoms with Gasteiger partial charge in [-0.3, -0.25) is 14.4 Å². The summed E-state index contributed by atoms with van der Waals surface area (Å²) >= 11 is 0. The Morgan fingerprint density at radius 2 is 1.84 bits per heavy atom. The number of carbonyl (C=O) groups is 3. The summed E-state index contributed by atoms with van der Waals surface area (Å²) in [6.45, 7) is 14.0. The maximum absolute atomic E-state index is 13.1. The van der Waals surface area contributed by atoms with Crippen molar-refractivity contribution in [3.05, 3.63) is 63.2 Å². The van der Waals surface area contributed by atoms with Gasteiger partial charge in [0, 0.05) is 36.3 Å². The topological polar surface area (TPSA) is 162 Å². The lowest BCUT2D eigenvalue weighted by molar-refractivity contribution is -0.757. The Balaban J connectivity index is 2.52. The second kappa shape index (κ2) is 16.3. The van der Waals surface area contributed by atoms with E-state index in [4.69, 9.17) is 9.47 Å². The van der Waals surface area contributed by atoms with Crippen molar-refractivity contribution in [3.8, 4) is 5.75 Å². The largest absolute Gasteiger partial charge is 0.507 e. The van der Waals surface area contributed by atoms with Crippen LogP contribution in [0.25, 0.3) is 0 Å². The molecular weight excluding hydrogens is 570 g/mol. The minimum Gasteiger partial charge on any atom is -0.507 e. The minimum atomic E-state index is -1.07. The number of benzene rings is 1. The van der Waals surface area contributed by atoms with Crippen LogP contribution < -0.4 is 0 Å². The van der Waals surface area contributed by atoms with Crippen molar-refractivity contribution < 1.29 is 44.0 Å². The number of hydrogen-bond acceptors (Lipinski definition) is 9. The molecule has 1 aromatic carbocycles. The molecule has 0 radical (unpaired) electrons. The van der Waals surface area contributed by atoms with E-state index >= 15 is 0 Å². The highest BCUT2D eigenvalue weighted by molar-refractivity contribution is 5.77. The number of rotatable bonds is 17. The monoisotopic (exact) mass is 617 g/mol. The van der Waals surface area contributed by atoms with Crippen LogP contribution in [-0.2, 0) is 35.3 Å². The maximum Gasteiger partial charge on any atom is 0.311 e. The number of hydrogen-bond donors (Lipinski definition) is 2. The molecule has 44 heavy (non-hydrogen) atoms. The minimum absolute atomic E-state index is 0.0126. The highest BCUT2D eigenvalue weighted by Crippen LogP contribution is 2.48. The first kappa shape index (κ1) is 36.3. The average molecular weight is 618 g/mol. The molecule has 244 valence electrons. The van der Waals surface area contributed by atoms with Gasteiger partial charge in [-0.2, -0.15) is 0 Å². The van der Waals surface area contributed by atoms with Gasteiger partial charge in [-0.25, -0.2) is 0 Å². The molecule has 0 amide bonds. The third-order valence-electron chi connectivity index (χ3n) is 8.90. The SMILES string of the molecule is C=C(C)[C@@H](C)[C@H](c1ccc(COC(C)=O)c(O)c1C1C=CCCC1)C(CC(C)C(C)(C)C(=O)OCCCO[N+](=O)[O-])C(=O)O. The summed E-state index contributed by atoms with van der Waals surface area (Å²) in [5, 5.41) is 31.6. The van der Waals surface area contributed by atoms with Gasteiger partial charge in [0.2, 0.25) is 0 Å². The van der Waals surface area contributed by atoms with Crippen LogP contribution in [0.1, 0.15) is 102 Å². The summed E-state index contributed by atoms with van der Waals surface area (Å²) in [5.41, 5.74) is 1.45. The highest BCUT2D eigenvalue weighted by Gasteiger charge is 2.43. The van der Waals surface area contributed by atoms with Crippen LogP contribution in [0.5, 0.6) is 5.75 Å². The molecule has 11 heteroatoms. The highest BCUT2D eigenvalue weighted by atomic mass is 16.9. The normalized spacial score (nSPS) is 17.5. The van der Waals surface area contributed by atoms with Crippen molar-refractivity contribution in [2.75, 3.05) is 13.2 Å². The van der Waals surface area contributed by atoms with Crippen LogP contribution in [0.4, 0.5) is 0 Å². The molecule has 0 saturated carbocycles. The number of esters is 2. The van der Waals surface area contributed by atoms with Gasteiger partial charge in [0.05, 0.1) is 24.5 Å². The third kappa shape index (κ3) is 9.56. The van der Waals surface area contributed by atoms with Gasteiger partial charge < -0.3 is 24.5 Å². The summed E-state index contributed by atoms with van der Waals surface area (Å²) in [4.78, 5) is 52.2. The van der Waals surface area contributed by atoms with E-state index in [2.05, 4.69) is 17.5 Å². The van der Waals surface area contributed by atoms with Crippen molar-refractivity contribution >= 4 is 17.9 Å². The molecule has 1 aliphatic carbocycles. The quantitative estimate of drug-likeness (QED) is 0.0651. The smallest absolute Gasteiger partial charge is 0.311 e. The Morgan fingerprint density at radius 1 is 1.16 bits per heavy atom. The molecule has 1 aliphatic rings. The van der Waals surface area contributed by atoms with E-state index in [-0.39, 0.29) is 50.2 Å². The molecule has 2 N–H and O–H groups in total. The van der Waals surface area contributed by atoms with Gasteiger partial charge in [-0.15, -0.1) is 10.1 Å². The average Bonchev–Trinajstić information content (AvgIpc) is 2.95. The molecule has 5 atom stereocenters. The molecule has 0 bridgehead atoms. The zero-order valence-corrected chi connectivity index (χ0v) is 26.7. The Bertz CT molecular complexity index is 1240. The van der Waals surface area contributed by atoms with Gasteiger partial charge in [0.15, 0.2) is 0 Å². The van der Waals surface area contributed by atoms with Crippen LogP contribution in [0, 0.1) is 33.3 Å². The first-order chi connectivity index (χ1) is 20.6. The van der Waals surface area contributed by atoms with E-state index in [9.17, 15) is 34.7 Å². The predicted molar refractivity (Wildman–Crippen MR) is 163 cm³/mol. The number of ether oxygens (including phenoxy) is 2. The maximum atomic E-state index is 13.1. The predicted octanol–water partition coefficient (Wildman–Crippen LogP) is 6.47. The summed E-state index contributed by atoms with van der Waals surface area (Å²) in [6, 6.07) is 3.50. The van der Waals surface area contributed by atoms with Crippen molar-refractivity contribution in [2.24, 2.45) is 23.2 Å². The van der Waals surface area contributed by atoms with E-state index in [0.717, 1.165) is 24.8 Å². The van der Waals surface area contributed by atoms with E-state index in [1.807, 2.05) is 26.0 Å². The Morgan fingerprint density at radius 3 is 2.39 bits per heavy atom. The number of phenolic OH excluding ortho intramolecular Hbond substituents is 1. The zero-order chi connectivity index (χ0) is 33.2. The number of phenols is 1. The molecule has 2 rings (SSSR count). The fraction of sp³-hybridized carbons (Fsp3) is 0.606. The fourth-order valence-electron chi connectivity index (χ4n) is 5.67. The van der Waals surface area contributed by atoms with Crippen LogP contribution >= 0.6 is 0 Å². The van der Waals surface area contributed by atoms with E-state index in [1.54, 1.807) is 26.8 Å². The van der Waals surface area contributed by atoms with Gasteiger partial charge in [-0.1, -0.05) is 50.3 Å². The van der Waals surface area contributed by atoms with Crippen LogP contribution in [0.3, 0.4) is 0 Å². The molecular formula is C33H47NO10. The lowest BCUT2D eigenvalue weighted by Crippen LogP contribution is -2.38. The number of carboxylic acids is 1. The van der Waals surface area contributed by atoms with Crippen molar-refractivity contribution in [1.29, 1.82) is 0 Å². The zero-order valence-electron chi connectivity index (χ0n) is 26.7. The molecule has 0 saturated heterocycles. The number of carbonyl (C=O) groups excluding carboxylic acids is 2. The molecule has 0 aliphatic heterocycles. The summed E-state index contributed by atoms with van der Waals surface area (Å²) in [7, 11) is 0. The van der Waals surface area contributed by atoms with Crippen LogP contribution in [0.2, 0.25) is 0 Å². The summed E-state index contributed by atoms with van der Waals surface area (Å²) in [5.74, 6) is -4.53. The lowest BCUT2D eigenvalue weighted by atomic mass is 9.66. The number of aliphatic carboxylic acids is 1. The van der Waals surface area contributed by atoms with Crippen LogP contribution in [0.15, 0.2) is 36.4 Å². The first-order valence-electron chi connectivity index (χ1n) is 15.1. The van der Waals surface area contributed by atoms with E-state index in [1.165, 1.54) is 6.92 Å². The second-order valence-electron chi connectivity index (χ2n) is 12.3. The fourth-order valence-corrected chi connectivity index (χ4v) is 5.67. The molecule has 0 aromatic heterocycles. The van der Waals surface area contributed by atoms with E-state index in [0.29, 0.717) is 16.7 Å². The molecule has 0 heterocycles. The van der Waals surface area contributed by atoms with Crippen molar-refractivity contribution in [1.82, 2.24) is 0 Å².